The number of nitrogens with one attached hydrogen (secondary N) is 1. The third kappa shape index (κ3) is 4.82. The van der Waals surface area contributed by atoms with E-state index in [1.165, 1.54) is 0 Å². The number of benzene rings is 3. The summed E-state index contributed by atoms with van der Waals surface area (Å²) >= 11 is 0. The number of carbonyl (C=O) groups excluding carboxylic acids is 2. The van der Waals surface area contributed by atoms with Crippen molar-refractivity contribution >= 4 is 28.3 Å². The first-order valence-electron chi connectivity index (χ1n) is 11.1. The minimum Gasteiger partial charge on any atom is -0.423 e. The summed E-state index contributed by atoms with van der Waals surface area (Å²) in [6, 6.07) is 18.1. The summed E-state index contributed by atoms with van der Waals surface area (Å²) in [4.78, 5) is 29.7. The zero-order valence-electron chi connectivity index (χ0n) is 19.5. The highest BCUT2D eigenvalue weighted by Crippen LogP contribution is 2.24. The Labute approximate surface area is 198 Å². The second kappa shape index (κ2) is 9.85. The lowest BCUT2D eigenvalue weighted by Gasteiger charge is -2.16. The Balaban J connectivity index is 1.46. The molecule has 3 aromatic carbocycles. The Kier molecular flexibility index (Phi) is 6.70. The van der Waals surface area contributed by atoms with Gasteiger partial charge in [0.2, 0.25) is 5.91 Å². The summed E-state index contributed by atoms with van der Waals surface area (Å²) in [6.07, 6.45) is 3.49. The van der Waals surface area contributed by atoms with Gasteiger partial charge in [0.05, 0.1) is 11.5 Å². The number of aryl methyl sites for hydroxylation is 1. The number of anilines is 1. The first kappa shape index (κ1) is 23.1. The van der Waals surface area contributed by atoms with Crippen LogP contribution in [-0.4, -0.2) is 23.4 Å². The van der Waals surface area contributed by atoms with Gasteiger partial charge >= 0.3 is 5.97 Å². The Morgan fingerprint density at radius 1 is 0.941 bits per heavy atom. The lowest BCUT2D eigenvalue weighted by molar-refractivity contribution is -0.117. The fraction of sp³-hybridized carbons (Fsp3) is 0.179. The van der Waals surface area contributed by atoms with E-state index in [2.05, 4.69) is 10.3 Å². The maximum absolute atomic E-state index is 12.9. The molecule has 0 unspecified atom stereocenters. The number of carbonyl (C=O) groups is 2. The number of amides is 1. The molecule has 0 saturated heterocycles. The molecular formula is C28H27N3O3. The van der Waals surface area contributed by atoms with Crippen molar-refractivity contribution in [1.29, 1.82) is 0 Å². The molecule has 3 N–H and O–H groups in total. The third-order valence-corrected chi connectivity index (χ3v) is 6.23. The van der Waals surface area contributed by atoms with Crippen molar-refractivity contribution in [2.24, 2.45) is 5.73 Å². The molecule has 1 amide bonds. The molecule has 0 bridgehead atoms. The zero-order valence-corrected chi connectivity index (χ0v) is 19.5. The van der Waals surface area contributed by atoms with Gasteiger partial charge in [-0.05, 0) is 84.8 Å². The molecule has 0 fully saturated rings. The first-order valence-corrected chi connectivity index (χ1v) is 11.1. The molecule has 0 spiro atoms. The number of fused-ring (bicyclic) bond motifs is 1. The van der Waals surface area contributed by atoms with E-state index in [1.54, 1.807) is 42.7 Å². The van der Waals surface area contributed by atoms with Crippen LogP contribution in [0.3, 0.4) is 0 Å². The molecule has 6 heteroatoms. The van der Waals surface area contributed by atoms with Crippen LogP contribution in [0.2, 0.25) is 0 Å². The summed E-state index contributed by atoms with van der Waals surface area (Å²) < 4.78 is 5.57. The van der Waals surface area contributed by atoms with Crippen LogP contribution in [-0.2, 0) is 4.79 Å². The van der Waals surface area contributed by atoms with E-state index in [-0.39, 0.29) is 12.5 Å². The Morgan fingerprint density at radius 3 is 2.44 bits per heavy atom. The smallest absolute Gasteiger partial charge is 0.343 e. The maximum atomic E-state index is 12.9. The Hall–Kier alpha value is -4.03. The lowest BCUT2D eigenvalue weighted by atomic mass is 9.98. The molecule has 4 aromatic rings. The Morgan fingerprint density at radius 2 is 1.71 bits per heavy atom. The topological polar surface area (TPSA) is 94.3 Å². The monoisotopic (exact) mass is 453 g/mol. The van der Waals surface area contributed by atoms with Gasteiger partial charge in [0.25, 0.3) is 0 Å². The van der Waals surface area contributed by atoms with E-state index in [1.807, 2.05) is 51.1 Å². The van der Waals surface area contributed by atoms with Crippen molar-refractivity contribution in [2.45, 2.75) is 26.7 Å². The van der Waals surface area contributed by atoms with Crippen molar-refractivity contribution in [3.8, 4) is 5.75 Å². The Bertz CT molecular complexity index is 1360. The first-order chi connectivity index (χ1) is 16.4. The van der Waals surface area contributed by atoms with E-state index in [9.17, 15) is 9.59 Å². The van der Waals surface area contributed by atoms with E-state index < -0.39 is 11.9 Å². The van der Waals surface area contributed by atoms with Crippen LogP contribution in [0, 0.1) is 20.8 Å². The van der Waals surface area contributed by atoms with Crippen LogP contribution < -0.4 is 15.8 Å². The molecule has 0 aliphatic heterocycles. The molecular weight excluding hydrogens is 426 g/mol. The average Bonchev–Trinajstić information content (AvgIpc) is 2.84. The van der Waals surface area contributed by atoms with Crippen molar-refractivity contribution in [3.63, 3.8) is 0 Å². The minimum absolute atomic E-state index is 0.143. The summed E-state index contributed by atoms with van der Waals surface area (Å²) in [5, 5.41) is 4.93. The normalized spacial score (nSPS) is 11.8. The fourth-order valence-corrected chi connectivity index (χ4v) is 3.89. The zero-order chi connectivity index (χ0) is 24.2. The van der Waals surface area contributed by atoms with E-state index in [0.717, 1.165) is 33.0 Å². The molecule has 1 heterocycles. The van der Waals surface area contributed by atoms with Gasteiger partial charge < -0.3 is 15.8 Å². The predicted octanol–water partition coefficient (Wildman–Crippen LogP) is 5.06. The summed E-state index contributed by atoms with van der Waals surface area (Å²) in [5.41, 5.74) is 11.0. The highest BCUT2D eigenvalue weighted by molar-refractivity contribution is 5.98. The van der Waals surface area contributed by atoms with Gasteiger partial charge in [0.1, 0.15) is 5.75 Å². The van der Waals surface area contributed by atoms with Crippen molar-refractivity contribution < 1.29 is 14.3 Å². The van der Waals surface area contributed by atoms with Crippen LogP contribution >= 0.6 is 0 Å². The van der Waals surface area contributed by atoms with Crippen molar-refractivity contribution in [3.05, 3.63) is 101 Å². The van der Waals surface area contributed by atoms with E-state index in [0.29, 0.717) is 17.0 Å². The number of hydrogen-bond acceptors (Lipinski definition) is 5. The van der Waals surface area contributed by atoms with Gasteiger partial charge in [-0.1, -0.05) is 24.3 Å². The van der Waals surface area contributed by atoms with Gasteiger partial charge in [-0.3, -0.25) is 9.78 Å². The van der Waals surface area contributed by atoms with Crippen LogP contribution in [0.5, 0.6) is 5.75 Å². The number of hydrogen-bond donors (Lipinski definition) is 2. The van der Waals surface area contributed by atoms with Crippen LogP contribution in [0.25, 0.3) is 10.8 Å². The lowest BCUT2D eigenvalue weighted by Crippen LogP contribution is -2.27. The molecule has 6 nitrogen and oxygen atoms in total. The maximum Gasteiger partial charge on any atom is 0.343 e. The second-order valence-electron chi connectivity index (χ2n) is 8.35. The molecule has 1 aromatic heterocycles. The van der Waals surface area contributed by atoms with Gasteiger partial charge in [0.15, 0.2) is 0 Å². The molecule has 34 heavy (non-hydrogen) atoms. The molecule has 0 saturated carbocycles. The highest BCUT2D eigenvalue weighted by atomic mass is 16.5. The van der Waals surface area contributed by atoms with Gasteiger partial charge in [-0.2, -0.15) is 0 Å². The molecule has 172 valence electrons. The van der Waals surface area contributed by atoms with Crippen molar-refractivity contribution in [1.82, 2.24) is 4.98 Å². The number of nitrogens with zero attached hydrogens (tertiary/aromatic N) is 1. The largest absolute Gasteiger partial charge is 0.423 e. The average molecular weight is 454 g/mol. The number of aromatic nitrogens is 1. The molecule has 0 aliphatic carbocycles. The van der Waals surface area contributed by atoms with Crippen LogP contribution in [0.1, 0.15) is 38.5 Å². The van der Waals surface area contributed by atoms with Gasteiger partial charge in [-0.15, -0.1) is 0 Å². The predicted molar refractivity (Wildman–Crippen MR) is 134 cm³/mol. The van der Waals surface area contributed by atoms with Crippen LogP contribution in [0.4, 0.5) is 5.69 Å². The number of esters is 1. The van der Waals surface area contributed by atoms with Gasteiger partial charge in [0, 0.05) is 30.0 Å². The second-order valence-corrected chi connectivity index (χ2v) is 8.35. The van der Waals surface area contributed by atoms with Gasteiger partial charge in [-0.25, -0.2) is 4.79 Å². The number of ether oxygens (including phenoxy) is 1. The highest BCUT2D eigenvalue weighted by Gasteiger charge is 2.20. The SMILES string of the molecule is Cc1ccc(C(=O)Oc2ccc([C@@H](CN)C(=O)Nc3ccc4cnccc4c3)cc2)c(C)c1C. The number of rotatable bonds is 6. The molecule has 1 atom stereocenters. The van der Waals surface area contributed by atoms with Crippen LogP contribution in [0.15, 0.2) is 73.1 Å². The summed E-state index contributed by atoms with van der Waals surface area (Å²) in [7, 11) is 0. The third-order valence-electron chi connectivity index (χ3n) is 6.23. The van der Waals surface area contributed by atoms with E-state index in [4.69, 9.17) is 10.5 Å². The standard InChI is InChI=1S/C28H27N3O3/c1-17-4-11-25(19(3)18(17)2)28(33)34-24-9-6-20(7-10-24)26(15-29)27(32)31-23-8-5-22-16-30-13-12-21(22)14-23/h4-14,16,26H,15,29H2,1-3H3,(H,31,32)/t26-/m1/s1. The molecule has 0 aliphatic rings. The fourth-order valence-electron chi connectivity index (χ4n) is 3.89. The number of nitrogens with two attached hydrogens (primary N) is 1. The quantitative estimate of drug-likeness (QED) is 0.314. The van der Waals surface area contributed by atoms with E-state index >= 15 is 0 Å². The summed E-state index contributed by atoms with van der Waals surface area (Å²) in [5.74, 6) is -0.745. The summed E-state index contributed by atoms with van der Waals surface area (Å²) in [6.45, 7) is 6.06. The van der Waals surface area contributed by atoms with Crippen molar-refractivity contribution in [2.75, 3.05) is 11.9 Å². The minimum atomic E-state index is -0.542. The number of pyridine rings is 1. The molecule has 0 radical (unpaired) electrons. The molecule has 4 rings (SSSR count).